The molecule has 10 heteroatoms. The van der Waals surface area contributed by atoms with Gasteiger partial charge in [-0.3, -0.25) is 9.59 Å². The Hall–Kier alpha value is -2.78. The quantitative estimate of drug-likeness (QED) is 0.717. The summed E-state index contributed by atoms with van der Waals surface area (Å²) in [5, 5.41) is 26.1. The molecular formula is C10H13N7O3. The lowest BCUT2D eigenvalue weighted by Crippen LogP contribution is -2.28. The predicted molar refractivity (Wildman–Crippen MR) is 64.5 cm³/mol. The first-order valence-corrected chi connectivity index (χ1v) is 5.74. The molecule has 2 aromatic rings. The molecule has 0 aliphatic carbocycles. The van der Waals surface area contributed by atoms with Crippen LogP contribution in [0.25, 0.3) is 0 Å². The Morgan fingerprint density at radius 1 is 1.45 bits per heavy atom. The first-order valence-electron chi connectivity index (χ1n) is 5.74. The lowest BCUT2D eigenvalue weighted by molar-refractivity contribution is -0.137. The van der Waals surface area contributed by atoms with Crippen LogP contribution in [0.3, 0.4) is 0 Å². The number of aromatic nitrogens is 6. The number of nitrogens with one attached hydrogen (secondary N) is 1. The molecule has 106 valence electrons. The molecule has 2 rings (SSSR count). The molecule has 2 aromatic heterocycles. The van der Waals surface area contributed by atoms with Crippen molar-refractivity contribution in [2.75, 3.05) is 0 Å². The Kier molecular flexibility index (Phi) is 3.73. The molecule has 0 aromatic carbocycles. The van der Waals surface area contributed by atoms with Crippen molar-refractivity contribution in [1.29, 1.82) is 0 Å². The fourth-order valence-corrected chi connectivity index (χ4v) is 1.64. The van der Waals surface area contributed by atoms with Crippen LogP contribution in [0.2, 0.25) is 0 Å². The molecule has 1 amide bonds. The maximum atomic E-state index is 11.9. The minimum Gasteiger partial charge on any atom is -0.480 e. The summed E-state index contributed by atoms with van der Waals surface area (Å²) >= 11 is 0. The van der Waals surface area contributed by atoms with E-state index in [-0.39, 0.29) is 18.3 Å². The van der Waals surface area contributed by atoms with Crippen molar-refractivity contribution in [2.45, 2.75) is 19.5 Å². The van der Waals surface area contributed by atoms with Gasteiger partial charge in [-0.15, -0.1) is 15.3 Å². The van der Waals surface area contributed by atoms with Crippen molar-refractivity contribution in [3.63, 3.8) is 0 Å². The van der Waals surface area contributed by atoms with Crippen LogP contribution in [0, 0.1) is 0 Å². The number of nitrogens with zero attached hydrogens (tertiary/aromatic N) is 6. The first-order chi connectivity index (χ1) is 9.47. The van der Waals surface area contributed by atoms with Gasteiger partial charge in [0.05, 0.1) is 12.2 Å². The predicted octanol–water partition coefficient (Wildman–Crippen LogP) is -1.02. The van der Waals surface area contributed by atoms with Crippen LogP contribution in [0.1, 0.15) is 29.3 Å². The van der Waals surface area contributed by atoms with Gasteiger partial charge in [0.1, 0.15) is 12.9 Å². The van der Waals surface area contributed by atoms with Crippen molar-refractivity contribution in [3.8, 4) is 0 Å². The van der Waals surface area contributed by atoms with Crippen LogP contribution in [0.4, 0.5) is 0 Å². The number of carboxylic acid groups (broad SMARTS) is 1. The smallest absolute Gasteiger partial charge is 0.325 e. The molecule has 0 aliphatic rings. The molecule has 0 fully saturated rings. The number of carbonyl (C=O) groups excluding carboxylic acids is 1. The van der Waals surface area contributed by atoms with Gasteiger partial charge < -0.3 is 15.0 Å². The van der Waals surface area contributed by atoms with Crippen LogP contribution >= 0.6 is 0 Å². The van der Waals surface area contributed by atoms with Crippen LogP contribution in [-0.2, 0) is 18.4 Å². The summed E-state index contributed by atoms with van der Waals surface area (Å²) in [5.74, 6) is -0.928. The third-order valence-electron chi connectivity index (χ3n) is 2.55. The summed E-state index contributed by atoms with van der Waals surface area (Å²) in [7, 11) is 1.77. The molecular weight excluding hydrogens is 266 g/mol. The van der Waals surface area contributed by atoms with E-state index in [2.05, 4.69) is 25.8 Å². The number of rotatable bonds is 5. The SMILES string of the molecule is CC(NC(=O)c1cn(CC(=O)O)nn1)c1nncn1C. The van der Waals surface area contributed by atoms with Gasteiger partial charge in [0.2, 0.25) is 0 Å². The molecule has 2 N–H and O–H groups in total. The highest BCUT2D eigenvalue weighted by atomic mass is 16.4. The van der Waals surface area contributed by atoms with E-state index in [0.29, 0.717) is 5.82 Å². The van der Waals surface area contributed by atoms with Gasteiger partial charge in [-0.25, -0.2) is 4.68 Å². The summed E-state index contributed by atoms with van der Waals surface area (Å²) in [6, 6.07) is -0.361. The average molecular weight is 279 g/mol. The van der Waals surface area contributed by atoms with Gasteiger partial charge in [0.15, 0.2) is 11.5 Å². The van der Waals surface area contributed by atoms with Gasteiger partial charge >= 0.3 is 5.97 Å². The second kappa shape index (κ2) is 5.47. The molecule has 0 radical (unpaired) electrons. The number of carboxylic acids is 1. The number of hydrogen-bond donors (Lipinski definition) is 2. The highest BCUT2D eigenvalue weighted by molar-refractivity contribution is 5.92. The standard InChI is InChI=1S/C10H13N7O3/c1-6(9-14-11-5-16(9)2)12-10(20)7-3-17(15-13-7)4-8(18)19/h3,5-6H,4H2,1-2H3,(H,12,20)(H,18,19). The largest absolute Gasteiger partial charge is 0.480 e. The molecule has 0 spiro atoms. The topological polar surface area (TPSA) is 128 Å². The van der Waals surface area contributed by atoms with E-state index >= 15 is 0 Å². The third-order valence-corrected chi connectivity index (χ3v) is 2.55. The molecule has 20 heavy (non-hydrogen) atoms. The summed E-state index contributed by atoms with van der Waals surface area (Å²) < 4.78 is 2.76. The monoisotopic (exact) mass is 279 g/mol. The maximum absolute atomic E-state index is 11.9. The van der Waals surface area contributed by atoms with Crippen molar-refractivity contribution < 1.29 is 14.7 Å². The molecule has 10 nitrogen and oxygen atoms in total. The fraction of sp³-hybridized carbons (Fsp3) is 0.400. The Morgan fingerprint density at radius 3 is 2.80 bits per heavy atom. The van der Waals surface area contributed by atoms with Crippen LogP contribution in [0.15, 0.2) is 12.5 Å². The van der Waals surface area contributed by atoms with E-state index in [1.54, 1.807) is 18.5 Å². The highest BCUT2D eigenvalue weighted by Crippen LogP contribution is 2.08. The second-order valence-electron chi connectivity index (χ2n) is 4.19. The zero-order valence-electron chi connectivity index (χ0n) is 10.9. The number of aryl methyl sites for hydroxylation is 1. The van der Waals surface area contributed by atoms with Crippen molar-refractivity contribution in [1.82, 2.24) is 35.1 Å². The van der Waals surface area contributed by atoms with E-state index in [1.807, 2.05) is 0 Å². The molecule has 2 heterocycles. The van der Waals surface area contributed by atoms with Gasteiger partial charge in [-0.05, 0) is 6.92 Å². The highest BCUT2D eigenvalue weighted by Gasteiger charge is 2.18. The number of carbonyl (C=O) groups is 2. The third kappa shape index (κ3) is 2.96. The summed E-state index contributed by atoms with van der Waals surface area (Å²) in [5.41, 5.74) is 0.0419. The molecule has 0 saturated heterocycles. The summed E-state index contributed by atoms with van der Waals surface area (Å²) in [6.45, 7) is 1.41. The average Bonchev–Trinajstić information content (AvgIpc) is 2.97. The van der Waals surface area contributed by atoms with Gasteiger partial charge in [0, 0.05) is 7.05 Å². The number of hydrogen-bond acceptors (Lipinski definition) is 6. The van der Waals surface area contributed by atoms with E-state index in [1.165, 1.54) is 12.5 Å². The summed E-state index contributed by atoms with van der Waals surface area (Å²) in [6.07, 6.45) is 2.80. The Labute approximate surface area is 113 Å². The molecule has 0 saturated carbocycles. The van der Waals surface area contributed by atoms with E-state index in [9.17, 15) is 9.59 Å². The Bertz CT molecular complexity index is 632. The fourth-order valence-electron chi connectivity index (χ4n) is 1.64. The van der Waals surface area contributed by atoms with Crippen LogP contribution < -0.4 is 5.32 Å². The van der Waals surface area contributed by atoms with Gasteiger partial charge in [-0.1, -0.05) is 5.21 Å². The van der Waals surface area contributed by atoms with E-state index in [4.69, 9.17) is 5.11 Å². The molecule has 0 bridgehead atoms. The Balaban J connectivity index is 2.03. The molecule has 1 atom stereocenters. The minimum absolute atomic E-state index is 0.0419. The molecule has 1 unspecified atom stereocenters. The lowest BCUT2D eigenvalue weighted by atomic mass is 10.3. The van der Waals surface area contributed by atoms with Crippen LogP contribution in [-0.4, -0.2) is 46.7 Å². The van der Waals surface area contributed by atoms with E-state index < -0.39 is 11.9 Å². The van der Waals surface area contributed by atoms with Crippen LogP contribution in [0.5, 0.6) is 0 Å². The van der Waals surface area contributed by atoms with Gasteiger partial charge in [0.25, 0.3) is 5.91 Å². The van der Waals surface area contributed by atoms with Crippen molar-refractivity contribution >= 4 is 11.9 Å². The van der Waals surface area contributed by atoms with Crippen molar-refractivity contribution in [3.05, 3.63) is 24.0 Å². The number of amides is 1. The normalized spacial score (nSPS) is 12.1. The number of aliphatic carboxylic acids is 1. The summed E-state index contributed by atoms with van der Waals surface area (Å²) in [4.78, 5) is 22.4. The van der Waals surface area contributed by atoms with Crippen molar-refractivity contribution in [2.24, 2.45) is 7.05 Å². The minimum atomic E-state index is -1.06. The van der Waals surface area contributed by atoms with E-state index in [0.717, 1.165) is 4.68 Å². The zero-order valence-corrected chi connectivity index (χ0v) is 10.9. The zero-order chi connectivity index (χ0) is 14.7. The Morgan fingerprint density at radius 2 is 2.20 bits per heavy atom. The first kappa shape index (κ1) is 13.6. The lowest BCUT2D eigenvalue weighted by Gasteiger charge is -2.11. The van der Waals surface area contributed by atoms with Gasteiger partial charge in [-0.2, -0.15) is 0 Å². The molecule has 0 aliphatic heterocycles. The maximum Gasteiger partial charge on any atom is 0.325 e. The second-order valence-corrected chi connectivity index (χ2v) is 4.19.